The number of nitrogens with zero attached hydrogens (tertiary/aromatic N) is 3. The standard InChI is InChI=1S/C20H27ClN4O3/c1-20(2,3)28-19(26)25-8-6-15(7-9-25)27-16-10-13(11-16)4-5-14-12-17(21)23-24-18(14)22/h12-13,15-16H,6-11H2,1-3H3,(H2,22,24)/t13-,16-. The van der Waals surface area contributed by atoms with E-state index in [9.17, 15) is 4.79 Å². The van der Waals surface area contributed by atoms with Gasteiger partial charge >= 0.3 is 6.09 Å². The molecule has 1 amide bonds. The van der Waals surface area contributed by atoms with E-state index in [1.165, 1.54) is 0 Å². The molecule has 1 aliphatic carbocycles. The third-order valence-electron chi connectivity index (χ3n) is 4.78. The molecule has 0 atom stereocenters. The largest absolute Gasteiger partial charge is 0.444 e. The number of rotatable bonds is 2. The van der Waals surface area contributed by atoms with Gasteiger partial charge in [0.1, 0.15) is 5.60 Å². The predicted molar refractivity (Wildman–Crippen MR) is 107 cm³/mol. The Balaban J connectivity index is 1.39. The molecule has 1 aromatic heterocycles. The predicted octanol–water partition coefficient (Wildman–Crippen LogP) is 3.26. The van der Waals surface area contributed by atoms with Crippen LogP contribution in [0.1, 0.15) is 52.0 Å². The lowest BCUT2D eigenvalue weighted by Crippen LogP contribution is -2.45. The molecule has 0 radical (unpaired) electrons. The number of likely N-dealkylation sites (tertiary alicyclic amines) is 1. The molecule has 28 heavy (non-hydrogen) atoms. The lowest BCUT2D eigenvalue weighted by atomic mass is 9.82. The van der Waals surface area contributed by atoms with Crippen LogP contribution in [0.3, 0.4) is 0 Å². The van der Waals surface area contributed by atoms with E-state index in [1.54, 1.807) is 11.0 Å². The molecule has 0 unspecified atom stereocenters. The van der Waals surface area contributed by atoms with Gasteiger partial charge in [0.2, 0.25) is 0 Å². The van der Waals surface area contributed by atoms with E-state index < -0.39 is 5.60 Å². The Morgan fingerprint density at radius 1 is 1.25 bits per heavy atom. The van der Waals surface area contributed by atoms with Crippen LogP contribution in [-0.4, -0.2) is 52.1 Å². The van der Waals surface area contributed by atoms with Crippen molar-refractivity contribution in [2.75, 3.05) is 18.8 Å². The summed E-state index contributed by atoms with van der Waals surface area (Å²) in [6, 6.07) is 1.63. The molecule has 1 saturated heterocycles. The minimum atomic E-state index is -0.464. The highest BCUT2D eigenvalue weighted by Crippen LogP contribution is 2.32. The monoisotopic (exact) mass is 406 g/mol. The van der Waals surface area contributed by atoms with Gasteiger partial charge in [-0.1, -0.05) is 23.4 Å². The molecule has 0 bridgehead atoms. The summed E-state index contributed by atoms with van der Waals surface area (Å²) in [4.78, 5) is 13.9. The van der Waals surface area contributed by atoms with Crippen molar-refractivity contribution in [2.45, 2.75) is 64.3 Å². The fourth-order valence-electron chi connectivity index (χ4n) is 3.23. The fourth-order valence-corrected chi connectivity index (χ4v) is 3.37. The Morgan fingerprint density at radius 2 is 1.93 bits per heavy atom. The molecule has 0 aromatic carbocycles. The molecule has 8 heteroatoms. The average molecular weight is 407 g/mol. The lowest BCUT2D eigenvalue weighted by Gasteiger charge is -2.38. The zero-order valence-corrected chi connectivity index (χ0v) is 17.3. The molecule has 1 saturated carbocycles. The molecule has 2 N–H and O–H groups in total. The molecule has 7 nitrogen and oxygen atoms in total. The van der Waals surface area contributed by atoms with Crippen LogP contribution in [0, 0.1) is 17.8 Å². The summed E-state index contributed by atoms with van der Waals surface area (Å²) in [6.07, 6.45) is 3.67. The van der Waals surface area contributed by atoms with Crippen molar-refractivity contribution in [3.8, 4) is 11.8 Å². The van der Waals surface area contributed by atoms with Gasteiger partial charge in [0.15, 0.2) is 11.0 Å². The van der Waals surface area contributed by atoms with Crippen molar-refractivity contribution in [3.05, 3.63) is 16.8 Å². The maximum Gasteiger partial charge on any atom is 0.410 e. The Kier molecular flexibility index (Phi) is 6.31. The summed E-state index contributed by atoms with van der Waals surface area (Å²) in [6.45, 7) is 6.98. The highest BCUT2D eigenvalue weighted by Gasteiger charge is 2.33. The summed E-state index contributed by atoms with van der Waals surface area (Å²) in [5, 5.41) is 7.73. The third-order valence-corrected chi connectivity index (χ3v) is 4.96. The molecular weight excluding hydrogens is 380 g/mol. The molecule has 1 aliphatic heterocycles. The maximum absolute atomic E-state index is 12.1. The van der Waals surface area contributed by atoms with Gasteiger partial charge in [-0.15, -0.1) is 10.2 Å². The summed E-state index contributed by atoms with van der Waals surface area (Å²) < 4.78 is 11.6. The second-order valence-electron chi connectivity index (χ2n) is 8.33. The van der Waals surface area contributed by atoms with Crippen molar-refractivity contribution in [2.24, 2.45) is 5.92 Å². The van der Waals surface area contributed by atoms with Crippen LogP contribution in [0.15, 0.2) is 6.07 Å². The van der Waals surface area contributed by atoms with Gasteiger partial charge in [0.25, 0.3) is 0 Å². The minimum Gasteiger partial charge on any atom is -0.444 e. The highest BCUT2D eigenvalue weighted by atomic mass is 35.5. The van der Waals surface area contributed by atoms with E-state index in [2.05, 4.69) is 22.0 Å². The van der Waals surface area contributed by atoms with Crippen LogP contribution in [0.5, 0.6) is 0 Å². The van der Waals surface area contributed by atoms with Gasteiger partial charge in [-0.25, -0.2) is 4.79 Å². The topological polar surface area (TPSA) is 90.6 Å². The summed E-state index contributed by atoms with van der Waals surface area (Å²) >= 11 is 5.82. The van der Waals surface area contributed by atoms with Crippen molar-refractivity contribution in [3.63, 3.8) is 0 Å². The number of halogens is 1. The Morgan fingerprint density at radius 3 is 2.57 bits per heavy atom. The maximum atomic E-state index is 12.1. The number of nitrogen functional groups attached to an aromatic ring is 1. The number of hydrogen-bond donors (Lipinski definition) is 1. The van der Waals surface area contributed by atoms with Gasteiger partial charge < -0.3 is 20.1 Å². The number of carbonyl (C=O) groups excluding carboxylic acids is 1. The first-order valence-corrected chi connectivity index (χ1v) is 10.0. The Labute approximate surface area is 170 Å². The quantitative estimate of drug-likeness (QED) is 0.758. The fraction of sp³-hybridized carbons (Fsp3) is 0.650. The number of aromatic nitrogens is 2. The average Bonchev–Trinajstić information content (AvgIpc) is 2.58. The number of nitrogens with two attached hydrogens (primary N) is 1. The van der Waals surface area contributed by atoms with E-state index in [0.717, 1.165) is 25.7 Å². The third kappa shape index (κ3) is 5.73. The van der Waals surface area contributed by atoms with E-state index in [4.69, 9.17) is 26.8 Å². The summed E-state index contributed by atoms with van der Waals surface area (Å²) in [5.74, 6) is 6.83. The number of carbonyl (C=O) groups is 1. The van der Waals surface area contributed by atoms with Crippen molar-refractivity contribution in [1.82, 2.24) is 15.1 Å². The van der Waals surface area contributed by atoms with Crippen LogP contribution >= 0.6 is 11.6 Å². The normalized spacial score (nSPS) is 22.8. The SMILES string of the molecule is CC(C)(C)OC(=O)N1CCC(O[C@H]2C[C@H](C#Cc3cc(Cl)nnc3N)C2)CC1. The zero-order chi connectivity index (χ0) is 20.3. The van der Waals surface area contributed by atoms with Crippen LogP contribution in [0.4, 0.5) is 10.6 Å². The Bertz CT molecular complexity index is 770. The first-order valence-electron chi connectivity index (χ1n) is 9.63. The van der Waals surface area contributed by atoms with Gasteiger partial charge in [0, 0.05) is 19.0 Å². The number of piperidine rings is 1. The van der Waals surface area contributed by atoms with Gasteiger partial charge in [-0.2, -0.15) is 0 Å². The zero-order valence-electron chi connectivity index (χ0n) is 16.6. The minimum absolute atomic E-state index is 0.191. The lowest BCUT2D eigenvalue weighted by molar-refractivity contribution is -0.0848. The van der Waals surface area contributed by atoms with E-state index >= 15 is 0 Å². The van der Waals surface area contributed by atoms with Gasteiger partial charge in [-0.05, 0) is 52.5 Å². The summed E-state index contributed by atoms with van der Waals surface area (Å²) in [5.41, 5.74) is 5.90. The van der Waals surface area contributed by atoms with E-state index in [-0.39, 0.29) is 29.4 Å². The van der Waals surface area contributed by atoms with Crippen LogP contribution in [0.25, 0.3) is 0 Å². The first kappa shape index (κ1) is 20.7. The van der Waals surface area contributed by atoms with Gasteiger partial charge in [0.05, 0.1) is 17.8 Å². The van der Waals surface area contributed by atoms with Crippen LogP contribution in [0.2, 0.25) is 5.15 Å². The molecule has 1 aromatic rings. The number of anilines is 1. The number of amides is 1. The molecule has 0 spiro atoms. The van der Waals surface area contributed by atoms with Gasteiger partial charge in [-0.3, -0.25) is 0 Å². The smallest absolute Gasteiger partial charge is 0.410 e. The molecular formula is C20H27ClN4O3. The molecule has 2 fully saturated rings. The molecule has 2 aliphatic rings. The summed E-state index contributed by atoms with van der Waals surface area (Å²) in [7, 11) is 0. The van der Waals surface area contributed by atoms with Crippen LogP contribution < -0.4 is 5.73 Å². The number of ether oxygens (including phenoxy) is 2. The molecule has 3 rings (SSSR count). The molecule has 152 valence electrons. The molecule has 2 heterocycles. The van der Waals surface area contributed by atoms with Crippen LogP contribution in [-0.2, 0) is 9.47 Å². The van der Waals surface area contributed by atoms with Crippen molar-refractivity contribution < 1.29 is 14.3 Å². The Hall–Kier alpha value is -2.04. The highest BCUT2D eigenvalue weighted by molar-refractivity contribution is 6.29. The number of hydrogen-bond acceptors (Lipinski definition) is 6. The van der Waals surface area contributed by atoms with Crippen molar-refractivity contribution in [1.29, 1.82) is 0 Å². The van der Waals surface area contributed by atoms with Crippen molar-refractivity contribution >= 4 is 23.5 Å². The van der Waals surface area contributed by atoms with E-state index in [1.807, 2.05) is 20.8 Å². The first-order chi connectivity index (χ1) is 13.2. The second-order valence-corrected chi connectivity index (χ2v) is 8.72. The van der Waals surface area contributed by atoms with E-state index in [0.29, 0.717) is 24.5 Å². The second kappa shape index (κ2) is 8.54.